The molecule has 0 fully saturated rings. The Bertz CT molecular complexity index is 1890. The largest absolute Gasteiger partial charge is 0.477 e. The molecular weight excluding hydrogens is 620 g/mol. The fourth-order valence-electron chi connectivity index (χ4n) is 4.41. The first kappa shape index (κ1) is 30.9. The second-order valence-electron chi connectivity index (χ2n) is 9.77. The molecule has 0 aliphatic heterocycles. The molecule has 0 saturated heterocycles. The molecule has 1 aromatic heterocycles. The summed E-state index contributed by atoms with van der Waals surface area (Å²) in [6.07, 6.45) is 2.83. The molecule has 0 aliphatic rings. The van der Waals surface area contributed by atoms with Crippen molar-refractivity contribution in [2.45, 2.75) is 24.0 Å². The zero-order valence-electron chi connectivity index (χ0n) is 23.2. The van der Waals surface area contributed by atoms with Crippen LogP contribution in [0.5, 0.6) is 5.75 Å². The zero-order chi connectivity index (χ0) is 31.1. The number of halogens is 1. The summed E-state index contributed by atoms with van der Waals surface area (Å²) in [5.41, 5.74) is 2.62. The van der Waals surface area contributed by atoms with E-state index in [1.807, 2.05) is 30.3 Å². The van der Waals surface area contributed by atoms with E-state index >= 15 is 0 Å². The molecule has 0 saturated carbocycles. The van der Waals surface area contributed by atoms with Gasteiger partial charge in [-0.15, -0.1) is 11.3 Å². The molecule has 0 spiro atoms. The number of sulfone groups is 1. The maximum atomic E-state index is 13.1. The fraction of sp³-hybridized carbons (Fsp3) is 0.121. The number of benzene rings is 4. The number of nitrogens with zero attached hydrogens (tertiary/aromatic N) is 1. The lowest BCUT2D eigenvalue weighted by atomic mass is 10.1. The molecule has 0 bridgehead atoms. The first-order valence-electron chi connectivity index (χ1n) is 13.6. The number of para-hydroxylation sites is 1. The highest BCUT2D eigenvalue weighted by Crippen LogP contribution is 2.24. The van der Waals surface area contributed by atoms with E-state index in [0.29, 0.717) is 23.4 Å². The Morgan fingerprint density at radius 2 is 1.64 bits per heavy atom. The van der Waals surface area contributed by atoms with Gasteiger partial charge in [0.2, 0.25) is 0 Å². The molecule has 4 aromatic carbocycles. The van der Waals surface area contributed by atoms with Crippen molar-refractivity contribution in [1.29, 1.82) is 0 Å². The molecule has 1 atom stereocenters. The number of aryl methyl sites for hydroxylation is 1. The highest BCUT2D eigenvalue weighted by molar-refractivity contribution is 7.91. The number of aliphatic carboxylic acids is 1. The van der Waals surface area contributed by atoms with Crippen LogP contribution in [0.2, 0.25) is 5.02 Å². The molecule has 1 unspecified atom stereocenters. The molecule has 5 aromatic rings. The van der Waals surface area contributed by atoms with E-state index < -0.39 is 27.9 Å². The molecule has 1 heterocycles. The Morgan fingerprint density at radius 3 is 2.36 bits per heavy atom. The molecule has 224 valence electrons. The number of carbonyl (C=O) groups is 2. The third kappa shape index (κ3) is 7.90. The van der Waals surface area contributed by atoms with Crippen LogP contribution in [0.15, 0.2) is 102 Å². The minimum Gasteiger partial charge on any atom is -0.477 e. The van der Waals surface area contributed by atoms with Crippen LogP contribution < -0.4 is 10.1 Å². The Morgan fingerprint density at radius 1 is 0.932 bits per heavy atom. The third-order valence-corrected chi connectivity index (χ3v) is 9.71. The third-order valence-electron chi connectivity index (χ3n) is 6.64. The van der Waals surface area contributed by atoms with E-state index in [1.54, 1.807) is 66.7 Å². The van der Waals surface area contributed by atoms with Gasteiger partial charge >= 0.3 is 5.97 Å². The summed E-state index contributed by atoms with van der Waals surface area (Å²) < 4.78 is 31.8. The number of amides is 1. The van der Waals surface area contributed by atoms with Crippen LogP contribution in [-0.4, -0.2) is 42.4 Å². The lowest BCUT2D eigenvalue weighted by molar-refractivity contribution is -0.146. The fourth-order valence-corrected chi connectivity index (χ4v) is 6.71. The summed E-state index contributed by atoms with van der Waals surface area (Å²) in [5.74, 6) is -1.77. The number of carboxylic acid groups (broad SMARTS) is 1. The van der Waals surface area contributed by atoms with Crippen LogP contribution in [0.3, 0.4) is 0 Å². The monoisotopic (exact) mass is 646 g/mol. The Labute approximate surface area is 263 Å². The lowest BCUT2D eigenvalue weighted by Crippen LogP contribution is -2.45. The van der Waals surface area contributed by atoms with E-state index in [1.165, 1.54) is 23.5 Å². The number of nitrogens with one attached hydrogen (secondary N) is 1. The van der Waals surface area contributed by atoms with Gasteiger partial charge in [0.1, 0.15) is 10.8 Å². The summed E-state index contributed by atoms with van der Waals surface area (Å²) in [5, 5.41) is 13.4. The normalized spacial score (nSPS) is 12.3. The van der Waals surface area contributed by atoms with Crippen molar-refractivity contribution in [2.24, 2.45) is 0 Å². The molecule has 8 nitrogen and oxygen atoms in total. The molecule has 5 rings (SSSR count). The minimum atomic E-state index is -3.44. The van der Waals surface area contributed by atoms with Gasteiger partial charge < -0.3 is 15.2 Å². The number of hydrogen-bond donors (Lipinski definition) is 2. The van der Waals surface area contributed by atoms with E-state index in [4.69, 9.17) is 16.3 Å². The van der Waals surface area contributed by atoms with Gasteiger partial charge in [0.05, 0.1) is 20.9 Å². The van der Waals surface area contributed by atoms with Gasteiger partial charge in [-0.05, 0) is 84.6 Å². The first-order valence-corrected chi connectivity index (χ1v) is 16.4. The lowest BCUT2D eigenvalue weighted by Gasteiger charge is -2.17. The topological polar surface area (TPSA) is 123 Å². The smallest absolute Gasteiger partial charge is 0.366 e. The Balaban J connectivity index is 1.19. The van der Waals surface area contributed by atoms with Crippen molar-refractivity contribution in [3.05, 3.63) is 124 Å². The van der Waals surface area contributed by atoms with Crippen molar-refractivity contribution in [3.63, 3.8) is 0 Å². The van der Waals surface area contributed by atoms with Crippen LogP contribution in [0.4, 0.5) is 0 Å². The molecule has 1 amide bonds. The number of aromatic nitrogens is 1. The molecular formula is C33H27ClN2O6S2. The standard InChI is InChI=1S/C33H27ClN2O6S2/c34-24-14-18-26(19-15-24)44(40,41)21-5-6-22-11-16-25(17-12-22)42-32(33(38)39)36-31(37)27-8-2-1-7-23(27)13-20-30-35-28-9-3-4-10-29(28)43-30/h1-4,7-20,32H,5-6,21H2,(H,36,37)(H,38,39). The van der Waals surface area contributed by atoms with E-state index in [0.717, 1.165) is 20.8 Å². The maximum absolute atomic E-state index is 13.1. The van der Waals surface area contributed by atoms with Crippen molar-refractivity contribution in [1.82, 2.24) is 10.3 Å². The molecule has 11 heteroatoms. The number of hydrogen-bond acceptors (Lipinski definition) is 7. The second-order valence-corrected chi connectivity index (χ2v) is 13.4. The summed E-state index contributed by atoms with van der Waals surface area (Å²) in [4.78, 5) is 29.9. The summed E-state index contributed by atoms with van der Waals surface area (Å²) >= 11 is 7.37. The van der Waals surface area contributed by atoms with E-state index in [2.05, 4.69) is 10.3 Å². The van der Waals surface area contributed by atoms with Crippen LogP contribution in [0, 0.1) is 0 Å². The minimum absolute atomic E-state index is 0.0305. The van der Waals surface area contributed by atoms with Gasteiger partial charge in [0.15, 0.2) is 9.84 Å². The molecule has 0 aliphatic carbocycles. The van der Waals surface area contributed by atoms with E-state index in [-0.39, 0.29) is 22.0 Å². The van der Waals surface area contributed by atoms with E-state index in [9.17, 15) is 23.1 Å². The highest BCUT2D eigenvalue weighted by Gasteiger charge is 2.23. The quantitative estimate of drug-likeness (QED) is 0.144. The number of carboxylic acids is 1. The second kappa shape index (κ2) is 13.9. The molecule has 44 heavy (non-hydrogen) atoms. The zero-order valence-corrected chi connectivity index (χ0v) is 25.6. The van der Waals surface area contributed by atoms with Crippen LogP contribution in [0.1, 0.15) is 32.9 Å². The predicted octanol–water partition coefficient (Wildman–Crippen LogP) is 6.75. The van der Waals surface area contributed by atoms with Crippen LogP contribution >= 0.6 is 22.9 Å². The molecule has 2 N–H and O–H groups in total. The molecule has 0 radical (unpaired) electrons. The Kier molecular flexibility index (Phi) is 9.74. The SMILES string of the molecule is O=C(NC(Oc1ccc(CCCS(=O)(=O)c2ccc(Cl)cc2)cc1)C(=O)O)c1ccccc1C=Cc1nc2ccccc2s1. The Hall–Kier alpha value is -4.51. The average molecular weight is 647 g/mol. The maximum Gasteiger partial charge on any atom is 0.366 e. The number of rotatable bonds is 12. The summed E-state index contributed by atoms with van der Waals surface area (Å²) in [6.45, 7) is 0. The van der Waals surface area contributed by atoms with Gasteiger partial charge in [-0.25, -0.2) is 18.2 Å². The van der Waals surface area contributed by atoms with Crippen molar-refractivity contribution >= 4 is 67.0 Å². The highest BCUT2D eigenvalue weighted by atomic mass is 35.5. The van der Waals surface area contributed by atoms with Gasteiger partial charge in [-0.2, -0.15) is 0 Å². The van der Waals surface area contributed by atoms with Gasteiger partial charge in [0.25, 0.3) is 12.1 Å². The number of carbonyl (C=O) groups excluding carboxylic acids is 1. The van der Waals surface area contributed by atoms with Gasteiger partial charge in [-0.3, -0.25) is 4.79 Å². The van der Waals surface area contributed by atoms with Crippen molar-refractivity contribution < 1.29 is 27.9 Å². The average Bonchev–Trinajstić information content (AvgIpc) is 3.44. The first-order chi connectivity index (χ1) is 21.2. The van der Waals surface area contributed by atoms with Crippen molar-refractivity contribution in [3.8, 4) is 5.75 Å². The summed E-state index contributed by atoms with van der Waals surface area (Å²) in [6, 6.07) is 27.3. The van der Waals surface area contributed by atoms with Gasteiger partial charge in [0, 0.05) is 10.6 Å². The number of fused-ring (bicyclic) bond motifs is 1. The number of thiazole rings is 1. The van der Waals surface area contributed by atoms with Gasteiger partial charge in [-0.1, -0.05) is 60.1 Å². The predicted molar refractivity (Wildman–Crippen MR) is 173 cm³/mol. The van der Waals surface area contributed by atoms with Crippen LogP contribution in [0.25, 0.3) is 22.4 Å². The van der Waals surface area contributed by atoms with Crippen molar-refractivity contribution in [2.75, 3.05) is 5.75 Å². The van der Waals surface area contributed by atoms with Crippen LogP contribution in [-0.2, 0) is 21.1 Å². The summed E-state index contributed by atoms with van der Waals surface area (Å²) in [7, 11) is -3.44. The number of ether oxygens (including phenoxy) is 1.